The monoisotopic (exact) mass is 343 g/mol. The van der Waals surface area contributed by atoms with E-state index in [9.17, 15) is 4.79 Å². The predicted octanol–water partition coefficient (Wildman–Crippen LogP) is 2.34. The molecule has 4 rings (SSSR count). The number of carbonyl (C=O) groups excluding carboxylic acids is 1. The van der Waals surface area contributed by atoms with Gasteiger partial charge < -0.3 is 15.0 Å². The van der Waals surface area contributed by atoms with Crippen molar-refractivity contribution in [3.63, 3.8) is 0 Å². The minimum atomic E-state index is 0.0728. The molecule has 5 heteroatoms. The first-order valence-corrected chi connectivity index (χ1v) is 9.49. The number of aryl methyl sites for hydroxylation is 1. The average molecular weight is 343 g/mol. The van der Waals surface area contributed by atoms with Gasteiger partial charge in [0.05, 0.1) is 24.8 Å². The lowest BCUT2D eigenvalue weighted by molar-refractivity contribution is -0.0882. The summed E-state index contributed by atoms with van der Waals surface area (Å²) >= 11 is 0. The molecule has 0 spiro atoms. The molecule has 2 fully saturated rings. The number of rotatable bonds is 1. The third kappa shape index (κ3) is 3.15. The van der Waals surface area contributed by atoms with Crippen molar-refractivity contribution in [1.29, 1.82) is 0 Å². The van der Waals surface area contributed by atoms with Gasteiger partial charge in [-0.3, -0.25) is 4.90 Å². The van der Waals surface area contributed by atoms with Crippen molar-refractivity contribution < 1.29 is 9.53 Å². The van der Waals surface area contributed by atoms with Gasteiger partial charge in [-0.05, 0) is 43.9 Å². The molecule has 0 bridgehead atoms. The van der Waals surface area contributed by atoms with E-state index in [2.05, 4.69) is 49.3 Å². The SMILES string of the molecule is Cc1ccc2c(c1)[C@H](NC(=O)N1CC[C@@H]3OCCN(C)[C@H]3C1)[C@@H](C)C2. The molecular weight excluding hydrogens is 314 g/mol. The summed E-state index contributed by atoms with van der Waals surface area (Å²) < 4.78 is 5.89. The molecule has 1 aliphatic carbocycles. The summed E-state index contributed by atoms with van der Waals surface area (Å²) in [7, 11) is 2.14. The Morgan fingerprint density at radius 1 is 1.32 bits per heavy atom. The molecule has 3 aliphatic rings. The molecule has 25 heavy (non-hydrogen) atoms. The maximum absolute atomic E-state index is 12.9. The minimum Gasteiger partial charge on any atom is -0.375 e. The number of nitrogens with one attached hydrogen (secondary N) is 1. The van der Waals surface area contributed by atoms with Crippen LogP contribution in [0.25, 0.3) is 0 Å². The fraction of sp³-hybridized carbons (Fsp3) is 0.650. The fourth-order valence-corrected chi connectivity index (χ4v) is 4.63. The molecule has 0 aromatic heterocycles. The largest absolute Gasteiger partial charge is 0.375 e. The van der Waals surface area contributed by atoms with E-state index >= 15 is 0 Å². The van der Waals surface area contributed by atoms with Crippen molar-refractivity contribution in [2.24, 2.45) is 5.92 Å². The zero-order valence-electron chi connectivity index (χ0n) is 15.5. The molecular formula is C20H29N3O2. The summed E-state index contributed by atoms with van der Waals surface area (Å²) in [6.45, 7) is 7.64. The molecule has 2 amide bonds. The molecule has 0 unspecified atom stereocenters. The Morgan fingerprint density at radius 2 is 2.16 bits per heavy atom. The highest BCUT2D eigenvalue weighted by atomic mass is 16.5. The van der Waals surface area contributed by atoms with Gasteiger partial charge in [0.25, 0.3) is 0 Å². The molecule has 1 aromatic rings. The molecule has 0 radical (unpaired) electrons. The second-order valence-electron chi connectivity index (χ2n) is 8.00. The van der Waals surface area contributed by atoms with Gasteiger partial charge in [-0.25, -0.2) is 4.79 Å². The van der Waals surface area contributed by atoms with E-state index in [1.165, 1.54) is 16.7 Å². The van der Waals surface area contributed by atoms with Crippen molar-refractivity contribution in [2.45, 2.75) is 44.9 Å². The second-order valence-corrected chi connectivity index (χ2v) is 8.00. The van der Waals surface area contributed by atoms with Crippen LogP contribution in [0, 0.1) is 12.8 Å². The Balaban J connectivity index is 1.45. The molecule has 136 valence electrons. The van der Waals surface area contributed by atoms with Crippen LogP contribution in [-0.4, -0.2) is 61.3 Å². The number of morpholine rings is 1. The standard InChI is InChI=1S/C20H29N3O2/c1-13-4-5-15-11-14(2)19(16(15)10-13)21-20(24)23-7-6-18-17(12-23)22(3)8-9-25-18/h4-5,10,14,17-19H,6-9,11-12H2,1-3H3,(H,21,24)/t14-,17-,18-,19+/m0/s1. The summed E-state index contributed by atoms with van der Waals surface area (Å²) in [6, 6.07) is 7.14. The van der Waals surface area contributed by atoms with Crippen LogP contribution in [0.3, 0.4) is 0 Å². The summed E-state index contributed by atoms with van der Waals surface area (Å²) in [4.78, 5) is 17.2. The van der Waals surface area contributed by atoms with E-state index in [0.29, 0.717) is 12.0 Å². The predicted molar refractivity (Wildman–Crippen MR) is 97.7 cm³/mol. The Hall–Kier alpha value is -1.59. The summed E-state index contributed by atoms with van der Waals surface area (Å²) in [5, 5.41) is 3.32. The molecule has 2 heterocycles. The van der Waals surface area contributed by atoms with Crippen LogP contribution >= 0.6 is 0 Å². The van der Waals surface area contributed by atoms with Crippen LogP contribution < -0.4 is 5.32 Å². The second kappa shape index (κ2) is 6.61. The van der Waals surface area contributed by atoms with Crippen molar-refractivity contribution in [3.05, 3.63) is 34.9 Å². The molecule has 1 N–H and O–H groups in total. The van der Waals surface area contributed by atoms with Crippen molar-refractivity contribution in [2.75, 3.05) is 33.3 Å². The number of likely N-dealkylation sites (tertiary alicyclic amines) is 1. The molecule has 1 aromatic carbocycles. The van der Waals surface area contributed by atoms with E-state index in [4.69, 9.17) is 4.74 Å². The maximum atomic E-state index is 12.9. The van der Waals surface area contributed by atoms with E-state index < -0.39 is 0 Å². The van der Waals surface area contributed by atoms with Gasteiger partial charge in [0.15, 0.2) is 0 Å². The van der Waals surface area contributed by atoms with Gasteiger partial charge in [0.1, 0.15) is 0 Å². The molecule has 5 nitrogen and oxygen atoms in total. The number of benzene rings is 1. The number of carbonyl (C=O) groups is 1. The van der Waals surface area contributed by atoms with E-state index in [-0.39, 0.29) is 18.2 Å². The number of urea groups is 1. The summed E-state index contributed by atoms with van der Waals surface area (Å²) in [6.07, 6.45) is 2.25. The summed E-state index contributed by atoms with van der Waals surface area (Å²) in [5.41, 5.74) is 3.94. The first kappa shape index (κ1) is 16.9. The van der Waals surface area contributed by atoms with Crippen LogP contribution in [0.15, 0.2) is 18.2 Å². The number of piperidine rings is 1. The lowest BCUT2D eigenvalue weighted by atomic mass is 9.99. The van der Waals surface area contributed by atoms with Gasteiger partial charge in [-0.2, -0.15) is 0 Å². The first-order chi connectivity index (χ1) is 12.0. The number of fused-ring (bicyclic) bond motifs is 2. The molecule has 4 atom stereocenters. The van der Waals surface area contributed by atoms with Gasteiger partial charge in [0, 0.05) is 19.6 Å². The Labute approximate surface area is 150 Å². The van der Waals surface area contributed by atoms with Crippen LogP contribution in [0.2, 0.25) is 0 Å². The molecule has 0 saturated carbocycles. The average Bonchev–Trinajstić information content (AvgIpc) is 2.90. The molecule has 2 aliphatic heterocycles. The van der Waals surface area contributed by atoms with Gasteiger partial charge in [-0.15, -0.1) is 0 Å². The lowest BCUT2D eigenvalue weighted by Crippen LogP contribution is -2.61. The topological polar surface area (TPSA) is 44.8 Å². The minimum absolute atomic E-state index is 0.0728. The van der Waals surface area contributed by atoms with Crippen molar-refractivity contribution in [1.82, 2.24) is 15.1 Å². The van der Waals surface area contributed by atoms with E-state index in [0.717, 1.165) is 39.1 Å². The number of likely N-dealkylation sites (N-methyl/N-ethyl adjacent to an activating group) is 1. The lowest BCUT2D eigenvalue weighted by Gasteiger charge is -2.45. The van der Waals surface area contributed by atoms with Crippen molar-refractivity contribution >= 4 is 6.03 Å². The van der Waals surface area contributed by atoms with E-state index in [1.54, 1.807) is 0 Å². The summed E-state index contributed by atoms with van der Waals surface area (Å²) in [5.74, 6) is 0.443. The number of amides is 2. The smallest absolute Gasteiger partial charge is 0.317 e. The highest BCUT2D eigenvalue weighted by Gasteiger charge is 2.38. The Bertz CT molecular complexity index is 662. The van der Waals surface area contributed by atoms with Crippen LogP contribution in [0.1, 0.15) is 36.1 Å². The Kier molecular flexibility index (Phi) is 4.46. The third-order valence-electron chi connectivity index (χ3n) is 6.18. The fourth-order valence-electron chi connectivity index (χ4n) is 4.63. The zero-order valence-corrected chi connectivity index (χ0v) is 15.5. The highest BCUT2D eigenvalue weighted by Crippen LogP contribution is 2.36. The number of ether oxygens (including phenoxy) is 1. The van der Waals surface area contributed by atoms with Crippen molar-refractivity contribution in [3.8, 4) is 0 Å². The number of hydrogen-bond acceptors (Lipinski definition) is 3. The zero-order chi connectivity index (χ0) is 17.6. The first-order valence-electron chi connectivity index (χ1n) is 9.49. The third-order valence-corrected chi connectivity index (χ3v) is 6.18. The normalized spacial score (nSPS) is 32.2. The van der Waals surface area contributed by atoms with Gasteiger partial charge in [0.2, 0.25) is 0 Å². The van der Waals surface area contributed by atoms with Crippen LogP contribution in [0.4, 0.5) is 4.79 Å². The van der Waals surface area contributed by atoms with E-state index in [1.807, 2.05) is 4.90 Å². The van der Waals surface area contributed by atoms with Crippen LogP contribution in [-0.2, 0) is 11.2 Å². The number of hydrogen-bond donors (Lipinski definition) is 1. The number of nitrogens with zero attached hydrogens (tertiary/aromatic N) is 2. The Morgan fingerprint density at radius 3 is 3.00 bits per heavy atom. The highest BCUT2D eigenvalue weighted by molar-refractivity contribution is 5.75. The van der Waals surface area contributed by atoms with Gasteiger partial charge >= 0.3 is 6.03 Å². The molecule has 2 saturated heterocycles. The van der Waals surface area contributed by atoms with Gasteiger partial charge in [-0.1, -0.05) is 30.7 Å². The quantitative estimate of drug-likeness (QED) is 0.851. The maximum Gasteiger partial charge on any atom is 0.317 e. The van der Waals surface area contributed by atoms with Crippen LogP contribution in [0.5, 0.6) is 0 Å².